The van der Waals surface area contributed by atoms with Crippen molar-refractivity contribution in [1.82, 2.24) is 25.8 Å². The number of nitrogens with zero attached hydrogens (tertiary/aromatic N) is 7. The molecule has 0 aliphatic rings. The molecular weight excluding hydrogens is 2030 g/mol. The van der Waals surface area contributed by atoms with Gasteiger partial charge in [-0.2, -0.15) is 25.8 Å². The number of ether oxygens (including phenoxy) is 5. The predicted octanol–water partition coefficient (Wildman–Crippen LogP) is 17.5. The van der Waals surface area contributed by atoms with Gasteiger partial charge in [0.1, 0.15) is 28.7 Å². The van der Waals surface area contributed by atoms with E-state index in [0.29, 0.717) is 110 Å². The second-order valence-corrected chi connectivity index (χ2v) is 47.7. The van der Waals surface area contributed by atoms with Gasteiger partial charge in [-0.05, 0) is 77.6 Å². The SMILES string of the molecule is CCN(CC)S(=O)(=O)c1scc(Br)c1O.CCN(CC)S(=O)(=O)c1scc(Br)c1OC.CCN(CC)S(=O)(=O)c1scc(N)c1O.CCN(CC)S(=O)(=O)c1scc(N=C(c2ccccc2)c2ccccc2)c1OC.CCN(CC)S(=O)(=O)c1sccc1O.CCN(CC)S(=O)(=O)c1sccc1OC.COc1ccsc1.COc1ccsc1S(=O)(=O)Cl. The van der Waals surface area contributed by atoms with E-state index < -0.39 is 69.2 Å². The van der Waals surface area contributed by atoms with Gasteiger partial charge in [0.2, 0.25) is 0 Å². The van der Waals surface area contributed by atoms with Crippen LogP contribution < -0.4 is 29.4 Å². The molecular formula is C74H103Br2ClN8O22S15. The molecule has 0 amide bonds. The van der Waals surface area contributed by atoms with E-state index in [2.05, 4.69) is 31.9 Å². The van der Waals surface area contributed by atoms with E-state index in [-0.39, 0.29) is 58.1 Å². The van der Waals surface area contributed by atoms with Crippen LogP contribution in [0.1, 0.15) is 94.2 Å². The van der Waals surface area contributed by atoms with Crippen LogP contribution >= 0.6 is 133 Å². The zero-order chi connectivity index (χ0) is 92.3. The summed E-state index contributed by atoms with van der Waals surface area (Å²) in [4.78, 5) is 4.83. The fourth-order valence-corrected chi connectivity index (χ4v) is 31.7. The fourth-order valence-electron chi connectivity index (χ4n) is 10.2. The molecule has 48 heteroatoms. The van der Waals surface area contributed by atoms with Gasteiger partial charge in [0, 0.05) is 127 Å². The van der Waals surface area contributed by atoms with Crippen LogP contribution in [0.3, 0.4) is 0 Å². The van der Waals surface area contributed by atoms with Crippen molar-refractivity contribution in [3.63, 3.8) is 0 Å². The molecule has 5 N–H and O–H groups in total. The fraction of sp³-hybridized carbons (Fsp3) is 0.392. The van der Waals surface area contributed by atoms with Crippen LogP contribution in [0.5, 0.6) is 46.0 Å². The number of nitrogens with two attached hydrogens (primary N) is 1. The maximum absolute atomic E-state index is 13.0. The number of thiophene rings is 8. The molecule has 30 nitrogen and oxygen atoms in total. The number of benzene rings is 2. The summed E-state index contributed by atoms with van der Waals surface area (Å²) < 4.78 is 203. The highest BCUT2D eigenvalue weighted by Gasteiger charge is 2.34. The molecule has 8 heterocycles. The van der Waals surface area contributed by atoms with Crippen LogP contribution in [0, 0.1) is 0 Å². The van der Waals surface area contributed by atoms with Crippen LogP contribution in [0.15, 0.2) is 177 Å². The molecule has 0 spiro atoms. The molecule has 122 heavy (non-hydrogen) atoms. The second kappa shape index (κ2) is 52.8. The summed E-state index contributed by atoms with van der Waals surface area (Å²) in [6.07, 6.45) is 0. The van der Waals surface area contributed by atoms with Crippen LogP contribution in [0.25, 0.3) is 0 Å². The molecule has 682 valence electrons. The Morgan fingerprint density at radius 1 is 0.369 bits per heavy atom. The summed E-state index contributed by atoms with van der Waals surface area (Å²) in [7, 11) is -12.1. The third-order valence-corrected chi connectivity index (χ3v) is 43.0. The van der Waals surface area contributed by atoms with Crippen LogP contribution in [0.2, 0.25) is 0 Å². The second-order valence-electron chi connectivity index (χ2n) is 23.4. The Kier molecular flexibility index (Phi) is 47.9. The lowest BCUT2D eigenvalue weighted by Crippen LogP contribution is -2.30. The molecule has 0 aliphatic carbocycles. The average Bonchev–Trinajstić information content (AvgIpc) is 1.65. The van der Waals surface area contributed by atoms with Crippen molar-refractivity contribution in [2.75, 3.05) is 120 Å². The minimum atomic E-state index is -3.64. The van der Waals surface area contributed by atoms with Crippen LogP contribution in [-0.4, -0.2) is 220 Å². The molecule has 0 aliphatic heterocycles. The summed E-state index contributed by atoms with van der Waals surface area (Å²) in [5.74, 6) is 1.63. The number of sulfonamides is 6. The smallest absolute Gasteiger partial charge is 0.274 e. The number of anilines is 1. The Bertz CT molecular complexity index is 5540. The summed E-state index contributed by atoms with van der Waals surface area (Å²) in [6, 6.07) is 26.2. The van der Waals surface area contributed by atoms with E-state index in [1.165, 1.54) is 88.4 Å². The van der Waals surface area contributed by atoms with Crippen molar-refractivity contribution in [3.05, 3.63) is 153 Å². The lowest BCUT2D eigenvalue weighted by molar-refractivity contribution is 0.397. The Labute approximate surface area is 772 Å². The summed E-state index contributed by atoms with van der Waals surface area (Å²) in [5, 5.41) is 43.7. The minimum absolute atomic E-state index is 0.00178. The normalized spacial score (nSPS) is 11.7. The number of halogens is 3. The third kappa shape index (κ3) is 29.6. The Morgan fingerprint density at radius 2 is 0.705 bits per heavy atom. The molecule has 0 unspecified atom stereocenters. The van der Waals surface area contributed by atoms with Gasteiger partial charge in [0.25, 0.3) is 69.2 Å². The number of aliphatic imine (C=N–C) groups is 1. The van der Waals surface area contributed by atoms with Gasteiger partial charge in [-0.15, -0.1) is 90.7 Å². The number of hydrogen-bond acceptors (Lipinski definition) is 32. The van der Waals surface area contributed by atoms with Gasteiger partial charge >= 0.3 is 0 Å². The van der Waals surface area contributed by atoms with Gasteiger partial charge in [0.15, 0.2) is 52.5 Å². The molecule has 0 saturated heterocycles. The molecule has 0 radical (unpaired) electrons. The Balaban J connectivity index is 0.000000370. The van der Waals surface area contributed by atoms with Gasteiger partial charge in [-0.3, -0.25) is 0 Å². The van der Waals surface area contributed by atoms with Crippen molar-refractivity contribution in [2.45, 2.75) is 113 Å². The topological polar surface area (TPSA) is 404 Å². The van der Waals surface area contributed by atoms with E-state index in [1.54, 1.807) is 104 Å². The lowest BCUT2D eigenvalue weighted by atomic mass is 10.0. The van der Waals surface area contributed by atoms with E-state index >= 15 is 0 Å². The molecule has 10 rings (SSSR count). The largest absolute Gasteiger partial charge is 0.506 e. The van der Waals surface area contributed by atoms with E-state index in [4.69, 9.17) is 45.1 Å². The van der Waals surface area contributed by atoms with E-state index in [0.717, 1.165) is 79.3 Å². The van der Waals surface area contributed by atoms with Gasteiger partial charge in [0.05, 0.1) is 55.9 Å². The lowest BCUT2D eigenvalue weighted by Gasteiger charge is -2.18. The summed E-state index contributed by atoms with van der Waals surface area (Å²) >= 11 is 15.5. The van der Waals surface area contributed by atoms with Crippen molar-refractivity contribution >= 4 is 220 Å². The zero-order valence-corrected chi connectivity index (χ0v) is 86.0. The first-order chi connectivity index (χ1) is 57.5. The molecule has 8 aromatic heterocycles. The van der Waals surface area contributed by atoms with E-state index in [1.807, 2.05) is 119 Å². The summed E-state index contributed by atoms with van der Waals surface area (Å²) in [5.41, 5.74) is 8.65. The molecule has 0 atom stereocenters. The first-order valence-electron chi connectivity index (χ1n) is 36.7. The molecule has 2 aromatic carbocycles. The predicted molar refractivity (Wildman–Crippen MR) is 504 cm³/mol. The third-order valence-electron chi connectivity index (χ3n) is 16.4. The van der Waals surface area contributed by atoms with E-state index in [9.17, 15) is 74.2 Å². The summed E-state index contributed by atoms with van der Waals surface area (Å²) in [6.45, 7) is 26.5. The van der Waals surface area contributed by atoms with Crippen molar-refractivity contribution in [2.24, 2.45) is 4.99 Å². The molecule has 0 fully saturated rings. The van der Waals surface area contributed by atoms with Crippen LogP contribution in [0.4, 0.5) is 11.4 Å². The van der Waals surface area contributed by atoms with Crippen molar-refractivity contribution in [1.29, 1.82) is 0 Å². The first-order valence-corrected chi connectivity index (χ1v) is 56.3. The number of nitrogen functional groups attached to an aromatic ring is 1. The standard InChI is InChI=1S/C22H24N2O3S2.C9H14BrNO3S2.C9H15NO3S2.C8H12BrNO3S2.C8H14N2O3S2.C8H13NO3S2.C5H5ClO3S2.C5H6OS/c1-4-24(5-2)29(25,26)22-21(27-3)19(16-28-22)23-20(17-12-8-6-9-13-17)18-14-10-7-11-15-18;1-4-11(5-2)16(12,13)9-8(14-3)7(10)6-15-9;1-4-10(5-2)15(11,12)9-8(13-3)6-7-14-9;2*1-3-10(4-2)15(12,13)8-7(11)6(9)5-14-8;1-3-9(4-2)14(11,12)8-7(10)5-6-13-8;1-9-4-2-3-10-5(4)11(6,7)8;1-6-5-2-3-7-4-5/h6-16H,4-5H2,1-3H3;6H,4-5H2,1-3H3;6-7H,4-5H2,1-3H3;5,11H,3-4H2,1-2H3;5,11H,3-4,9H2,1-2H3;5-6,10H,3-4H2,1-2H3;2-3H,1H3;2-4H,1H3. The van der Waals surface area contributed by atoms with Crippen molar-refractivity contribution < 1.29 is 97.9 Å². The molecule has 0 saturated carbocycles. The maximum Gasteiger partial charge on any atom is 0.274 e. The maximum atomic E-state index is 13.0. The number of rotatable bonds is 33. The van der Waals surface area contributed by atoms with Gasteiger partial charge in [-0.1, -0.05) is 144 Å². The quantitative estimate of drug-likeness (QED) is 0.0219. The highest BCUT2D eigenvalue weighted by Crippen LogP contribution is 2.45. The Hall–Kier alpha value is -5.43. The van der Waals surface area contributed by atoms with Crippen molar-refractivity contribution in [3.8, 4) is 46.0 Å². The molecule has 0 bridgehead atoms. The number of aromatic hydroxyl groups is 3. The first kappa shape index (κ1) is 111. The van der Waals surface area contributed by atoms with Gasteiger partial charge in [-0.25, -0.2) is 63.9 Å². The average molecular weight is 2130 g/mol. The highest BCUT2D eigenvalue weighted by molar-refractivity contribution is 9.11. The van der Waals surface area contributed by atoms with Crippen LogP contribution in [-0.2, 0) is 69.2 Å². The number of hydrogen-bond donors (Lipinski definition) is 4. The highest BCUT2D eigenvalue weighted by atomic mass is 79.9. The minimum Gasteiger partial charge on any atom is -0.506 e. The monoisotopic (exact) mass is 2130 g/mol. The van der Waals surface area contributed by atoms with Gasteiger partial charge < -0.3 is 44.7 Å². The zero-order valence-electron chi connectivity index (χ0n) is 69.8. The Morgan fingerprint density at radius 3 is 1.02 bits per heavy atom. The molecule has 10 aromatic rings. The number of methoxy groups -OCH3 is 5.